The summed E-state index contributed by atoms with van der Waals surface area (Å²) in [6.45, 7) is 3.48. The molecule has 0 amide bonds. The van der Waals surface area contributed by atoms with Gasteiger partial charge in [-0.25, -0.2) is 9.78 Å². The molecule has 0 aliphatic heterocycles. The number of pyridine rings is 1. The molecule has 0 N–H and O–H groups in total. The molecule has 3 aromatic heterocycles. The Morgan fingerprint density at radius 2 is 2.00 bits per heavy atom. The van der Waals surface area contributed by atoms with E-state index in [0.717, 1.165) is 11.1 Å². The average Bonchev–Trinajstić information content (AvgIpc) is 3.02. The minimum atomic E-state index is -0.612. The molecule has 4 rings (SSSR count). The molecular formula is C21H18N2O5. The van der Waals surface area contributed by atoms with E-state index in [-0.39, 0.29) is 17.9 Å². The van der Waals surface area contributed by atoms with Crippen LogP contribution in [0.15, 0.2) is 51.7 Å². The molecule has 1 aromatic carbocycles. The van der Waals surface area contributed by atoms with Crippen molar-refractivity contribution in [2.45, 2.75) is 20.5 Å². The van der Waals surface area contributed by atoms with Crippen molar-refractivity contribution in [2.24, 2.45) is 0 Å². The second-order valence-electron chi connectivity index (χ2n) is 6.44. The van der Waals surface area contributed by atoms with Crippen LogP contribution in [0.5, 0.6) is 5.75 Å². The molecule has 0 aliphatic carbocycles. The molecule has 3 heterocycles. The Labute approximate surface area is 160 Å². The van der Waals surface area contributed by atoms with Gasteiger partial charge in [-0.1, -0.05) is 6.07 Å². The summed E-state index contributed by atoms with van der Waals surface area (Å²) < 4.78 is 17.7. The lowest BCUT2D eigenvalue weighted by Crippen LogP contribution is -2.18. The number of rotatable bonds is 4. The fourth-order valence-electron chi connectivity index (χ4n) is 3.16. The van der Waals surface area contributed by atoms with Gasteiger partial charge in [0.2, 0.25) is 5.76 Å². The second-order valence-corrected chi connectivity index (χ2v) is 6.44. The van der Waals surface area contributed by atoms with Crippen LogP contribution in [0.4, 0.5) is 0 Å². The normalized spacial score (nSPS) is 11.1. The van der Waals surface area contributed by atoms with Crippen molar-refractivity contribution in [2.75, 3.05) is 7.11 Å². The van der Waals surface area contributed by atoms with Crippen LogP contribution in [0.3, 0.4) is 0 Å². The highest BCUT2D eigenvalue weighted by Crippen LogP contribution is 2.29. The molecule has 0 saturated heterocycles. The second kappa shape index (κ2) is 6.84. The van der Waals surface area contributed by atoms with Crippen LogP contribution in [-0.4, -0.2) is 22.5 Å². The van der Waals surface area contributed by atoms with Crippen molar-refractivity contribution in [1.82, 2.24) is 9.38 Å². The molecule has 28 heavy (non-hydrogen) atoms. The highest BCUT2D eigenvalue weighted by molar-refractivity contribution is 5.96. The number of methoxy groups -OCH3 is 1. The van der Waals surface area contributed by atoms with Gasteiger partial charge in [-0.05, 0) is 44.2 Å². The van der Waals surface area contributed by atoms with Gasteiger partial charge in [0.25, 0.3) is 5.56 Å². The maximum absolute atomic E-state index is 12.5. The number of benzene rings is 1. The van der Waals surface area contributed by atoms with E-state index >= 15 is 0 Å². The van der Waals surface area contributed by atoms with Crippen molar-refractivity contribution in [3.05, 3.63) is 75.5 Å². The highest BCUT2D eigenvalue weighted by Gasteiger charge is 2.20. The Morgan fingerprint density at radius 3 is 2.79 bits per heavy atom. The number of hydrogen-bond donors (Lipinski definition) is 0. The topological polar surface area (TPSA) is 83.0 Å². The van der Waals surface area contributed by atoms with Crippen LogP contribution in [0, 0.1) is 13.8 Å². The van der Waals surface area contributed by atoms with Crippen molar-refractivity contribution >= 4 is 22.6 Å². The molecular weight excluding hydrogens is 360 g/mol. The van der Waals surface area contributed by atoms with Gasteiger partial charge in [0.15, 0.2) is 0 Å². The number of carbonyl (C=O) groups is 1. The van der Waals surface area contributed by atoms with Crippen molar-refractivity contribution < 1.29 is 18.7 Å². The zero-order chi connectivity index (χ0) is 19.8. The lowest BCUT2D eigenvalue weighted by molar-refractivity contribution is 0.0432. The number of fused-ring (bicyclic) bond motifs is 2. The molecule has 0 saturated carbocycles. The van der Waals surface area contributed by atoms with Gasteiger partial charge < -0.3 is 13.9 Å². The number of aryl methyl sites for hydroxylation is 2. The standard InChI is InChI=1S/C21H18N2O5/c1-12-5-4-6-18-22-14(9-19(24)23(12)18)11-27-21(25)20-13(2)16-10-15(26-3)7-8-17(16)28-20/h4-10H,11H2,1-3H3. The van der Waals surface area contributed by atoms with Gasteiger partial charge in [-0.2, -0.15) is 0 Å². The largest absolute Gasteiger partial charge is 0.497 e. The zero-order valence-corrected chi connectivity index (χ0v) is 15.7. The van der Waals surface area contributed by atoms with Crippen LogP contribution in [0.25, 0.3) is 16.6 Å². The van der Waals surface area contributed by atoms with E-state index in [1.807, 2.05) is 19.1 Å². The van der Waals surface area contributed by atoms with Crippen LogP contribution in [0.1, 0.15) is 27.5 Å². The number of nitrogens with zero attached hydrogens (tertiary/aromatic N) is 2. The quantitative estimate of drug-likeness (QED) is 0.506. The Kier molecular flexibility index (Phi) is 4.35. The molecule has 0 atom stereocenters. The first-order valence-electron chi connectivity index (χ1n) is 8.70. The number of esters is 1. The van der Waals surface area contributed by atoms with Crippen LogP contribution in [0.2, 0.25) is 0 Å². The first kappa shape index (κ1) is 17.8. The van der Waals surface area contributed by atoms with E-state index < -0.39 is 5.97 Å². The van der Waals surface area contributed by atoms with E-state index in [9.17, 15) is 9.59 Å². The third kappa shape index (κ3) is 3.00. The summed E-state index contributed by atoms with van der Waals surface area (Å²) in [7, 11) is 1.58. The Morgan fingerprint density at radius 1 is 1.18 bits per heavy atom. The SMILES string of the molecule is COc1ccc2oc(C(=O)OCc3cc(=O)n4c(C)cccc4n3)c(C)c2c1. The molecule has 0 bridgehead atoms. The van der Waals surface area contributed by atoms with Gasteiger partial charge in [0, 0.05) is 22.7 Å². The zero-order valence-electron chi connectivity index (χ0n) is 15.7. The lowest BCUT2D eigenvalue weighted by Gasteiger charge is -2.07. The predicted octanol–water partition coefficient (Wildman–Crippen LogP) is 3.42. The lowest BCUT2D eigenvalue weighted by atomic mass is 10.1. The molecule has 0 unspecified atom stereocenters. The third-order valence-corrected chi connectivity index (χ3v) is 4.61. The van der Waals surface area contributed by atoms with Gasteiger partial charge in [-0.3, -0.25) is 9.20 Å². The van der Waals surface area contributed by atoms with E-state index in [4.69, 9.17) is 13.9 Å². The summed E-state index contributed by atoms with van der Waals surface area (Å²) in [5, 5.41) is 0.781. The Balaban J connectivity index is 1.60. The van der Waals surface area contributed by atoms with Gasteiger partial charge >= 0.3 is 5.97 Å². The minimum absolute atomic E-state index is 0.122. The van der Waals surface area contributed by atoms with Gasteiger partial charge in [0.05, 0.1) is 12.8 Å². The monoisotopic (exact) mass is 378 g/mol. The van der Waals surface area contributed by atoms with E-state index in [0.29, 0.717) is 28.2 Å². The summed E-state index contributed by atoms with van der Waals surface area (Å²) in [5.74, 6) is 0.183. The van der Waals surface area contributed by atoms with E-state index in [1.165, 1.54) is 10.5 Å². The summed E-state index contributed by atoms with van der Waals surface area (Å²) in [6, 6.07) is 12.0. The van der Waals surface area contributed by atoms with E-state index in [1.54, 1.807) is 38.3 Å². The number of furan rings is 1. The molecule has 0 fully saturated rings. The average molecular weight is 378 g/mol. The smallest absolute Gasteiger partial charge is 0.374 e. The van der Waals surface area contributed by atoms with Crippen LogP contribution in [-0.2, 0) is 11.3 Å². The molecule has 142 valence electrons. The molecule has 4 aromatic rings. The fourth-order valence-corrected chi connectivity index (χ4v) is 3.16. The molecule has 7 heteroatoms. The third-order valence-electron chi connectivity index (χ3n) is 4.61. The number of ether oxygens (including phenoxy) is 2. The first-order valence-corrected chi connectivity index (χ1v) is 8.70. The molecule has 0 spiro atoms. The maximum Gasteiger partial charge on any atom is 0.374 e. The van der Waals surface area contributed by atoms with Crippen molar-refractivity contribution in [3.8, 4) is 5.75 Å². The summed E-state index contributed by atoms with van der Waals surface area (Å²) in [6.07, 6.45) is 0. The first-order chi connectivity index (χ1) is 13.5. The summed E-state index contributed by atoms with van der Waals surface area (Å²) in [5.41, 5.74) is 2.68. The van der Waals surface area contributed by atoms with Crippen LogP contribution >= 0.6 is 0 Å². The Bertz CT molecular complexity index is 1270. The molecule has 7 nitrogen and oxygen atoms in total. The van der Waals surface area contributed by atoms with E-state index in [2.05, 4.69) is 4.98 Å². The summed E-state index contributed by atoms with van der Waals surface area (Å²) in [4.78, 5) is 29.2. The maximum atomic E-state index is 12.5. The number of carbonyl (C=O) groups excluding carboxylic acids is 1. The van der Waals surface area contributed by atoms with Gasteiger partial charge in [-0.15, -0.1) is 0 Å². The number of aromatic nitrogens is 2. The highest BCUT2D eigenvalue weighted by atomic mass is 16.5. The van der Waals surface area contributed by atoms with Crippen molar-refractivity contribution in [1.29, 1.82) is 0 Å². The Hall–Kier alpha value is -3.61. The molecule has 0 radical (unpaired) electrons. The summed E-state index contributed by atoms with van der Waals surface area (Å²) >= 11 is 0. The van der Waals surface area contributed by atoms with Crippen LogP contribution < -0.4 is 10.3 Å². The fraction of sp³-hybridized carbons (Fsp3) is 0.190. The minimum Gasteiger partial charge on any atom is -0.497 e. The predicted molar refractivity (Wildman–Crippen MR) is 103 cm³/mol. The molecule has 0 aliphatic rings. The van der Waals surface area contributed by atoms with Crippen molar-refractivity contribution in [3.63, 3.8) is 0 Å². The number of hydrogen-bond acceptors (Lipinski definition) is 6. The van der Waals surface area contributed by atoms with Gasteiger partial charge in [0.1, 0.15) is 23.6 Å².